The van der Waals surface area contributed by atoms with Crippen molar-refractivity contribution in [1.82, 2.24) is 4.98 Å². The highest BCUT2D eigenvalue weighted by atomic mass is 79.9. The first-order valence-corrected chi connectivity index (χ1v) is 6.46. The van der Waals surface area contributed by atoms with Crippen molar-refractivity contribution in [3.8, 4) is 0 Å². The summed E-state index contributed by atoms with van der Waals surface area (Å²) in [6, 6.07) is 0. The van der Waals surface area contributed by atoms with Crippen LogP contribution in [0.15, 0.2) is 16.9 Å². The van der Waals surface area contributed by atoms with Gasteiger partial charge >= 0.3 is 0 Å². The van der Waals surface area contributed by atoms with Crippen LogP contribution >= 0.6 is 15.9 Å². The van der Waals surface area contributed by atoms with Crippen LogP contribution in [0, 0.1) is 11.7 Å². The van der Waals surface area contributed by atoms with Crippen molar-refractivity contribution < 1.29 is 9.50 Å². The summed E-state index contributed by atoms with van der Waals surface area (Å²) in [4.78, 5) is 3.74. The molecule has 1 saturated carbocycles. The molecule has 1 aliphatic carbocycles. The molecule has 1 heterocycles. The van der Waals surface area contributed by atoms with Crippen LogP contribution in [0.25, 0.3) is 0 Å². The van der Waals surface area contributed by atoms with E-state index in [2.05, 4.69) is 20.9 Å². The molecule has 2 nitrogen and oxygen atoms in total. The van der Waals surface area contributed by atoms with Gasteiger partial charge in [0.25, 0.3) is 0 Å². The normalized spacial score (nSPS) is 19.7. The van der Waals surface area contributed by atoms with Crippen LogP contribution in [0.1, 0.15) is 43.8 Å². The molecule has 88 valence electrons. The highest BCUT2D eigenvalue weighted by molar-refractivity contribution is 9.10. The average Bonchev–Trinajstić information content (AvgIpc) is 2.30. The molecule has 0 saturated heterocycles. The van der Waals surface area contributed by atoms with E-state index in [1.54, 1.807) is 0 Å². The van der Waals surface area contributed by atoms with E-state index in [4.69, 9.17) is 0 Å². The van der Waals surface area contributed by atoms with Gasteiger partial charge in [-0.1, -0.05) is 19.3 Å². The Hall–Kier alpha value is -0.480. The maximum Gasteiger partial charge on any atom is 0.148 e. The fourth-order valence-corrected chi connectivity index (χ4v) is 2.93. The summed E-state index contributed by atoms with van der Waals surface area (Å²) < 4.78 is 14.2. The van der Waals surface area contributed by atoms with Gasteiger partial charge in [-0.05, 0) is 34.7 Å². The standard InChI is InChI=1S/C12H15BrFNO/c13-9-6-15-7-10(14)11(9)12(16)8-4-2-1-3-5-8/h6-8,12,16H,1-5H2/t12-/m0/s1. The lowest BCUT2D eigenvalue weighted by atomic mass is 9.83. The fraction of sp³-hybridized carbons (Fsp3) is 0.583. The predicted molar refractivity (Wildman–Crippen MR) is 63.4 cm³/mol. The predicted octanol–water partition coefficient (Wildman–Crippen LogP) is 3.60. The number of hydrogen-bond acceptors (Lipinski definition) is 2. The van der Waals surface area contributed by atoms with Crippen LogP contribution in [0.2, 0.25) is 0 Å². The van der Waals surface area contributed by atoms with Crippen LogP contribution in [-0.2, 0) is 0 Å². The summed E-state index contributed by atoms with van der Waals surface area (Å²) in [5, 5.41) is 10.2. The zero-order valence-corrected chi connectivity index (χ0v) is 10.6. The fourth-order valence-electron chi connectivity index (χ4n) is 2.39. The minimum absolute atomic E-state index is 0.182. The number of aliphatic hydroxyl groups excluding tert-OH is 1. The minimum Gasteiger partial charge on any atom is -0.388 e. The zero-order valence-electron chi connectivity index (χ0n) is 9.00. The second-order valence-corrected chi connectivity index (χ2v) is 5.21. The van der Waals surface area contributed by atoms with Gasteiger partial charge in [0.15, 0.2) is 0 Å². The minimum atomic E-state index is -0.710. The lowest BCUT2D eigenvalue weighted by molar-refractivity contribution is 0.0808. The molecular weight excluding hydrogens is 273 g/mol. The van der Waals surface area contributed by atoms with Crippen molar-refractivity contribution in [3.05, 3.63) is 28.2 Å². The Balaban J connectivity index is 2.22. The van der Waals surface area contributed by atoms with Crippen molar-refractivity contribution in [1.29, 1.82) is 0 Å². The van der Waals surface area contributed by atoms with Gasteiger partial charge in [-0.2, -0.15) is 0 Å². The van der Waals surface area contributed by atoms with Crippen LogP contribution in [-0.4, -0.2) is 10.1 Å². The highest BCUT2D eigenvalue weighted by Crippen LogP contribution is 2.37. The third-order valence-corrected chi connectivity index (χ3v) is 3.91. The van der Waals surface area contributed by atoms with E-state index < -0.39 is 11.9 Å². The van der Waals surface area contributed by atoms with Crippen LogP contribution in [0.3, 0.4) is 0 Å². The third-order valence-electron chi connectivity index (χ3n) is 3.28. The molecule has 0 bridgehead atoms. The van der Waals surface area contributed by atoms with E-state index >= 15 is 0 Å². The molecule has 0 radical (unpaired) electrons. The summed E-state index contributed by atoms with van der Waals surface area (Å²) in [7, 11) is 0. The van der Waals surface area contributed by atoms with E-state index in [0.717, 1.165) is 31.9 Å². The molecule has 1 N–H and O–H groups in total. The molecule has 1 fully saturated rings. The molecule has 0 aliphatic heterocycles. The van der Waals surface area contributed by atoms with Gasteiger partial charge in [-0.3, -0.25) is 4.98 Å². The number of aliphatic hydroxyl groups is 1. The number of hydrogen-bond donors (Lipinski definition) is 1. The Bertz CT molecular complexity index is 346. The monoisotopic (exact) mass is 287 g/mol. The average molecular weight is 288 g/mol. The number of pyridine rings is 1. The van der Waals surface area contributed by atoms with Gasteiger partial charge in [0.1, 0.15) is 5.82 Å². The maximum atomic E-state index is 13.6. The first-order chi connectivity index (χ1) is 7.70. The second kappa shape index (κ2) is 5.23. The Morgan fingerprint density at radius 1 is 1.31 bits per heavy atom. The van der Waals surface area contributed by atoms with Crippen molar-refractivity contribution in [2.24, 2.45) is 5.92 Å². The van der Waals surface area contributed by atoms with E-state index in [-0.39, 0.29) is 5.92 Å². The Labute approximate surface area is 103 Å². The summed E-state index contributed by atoms with van der Waals surface area (Å²) in [6.45, 7) is 0. The topological polar surface area (TPSA) is 33.1 Å². The smallest absolute Gasteiger partial charge is 0.148 e. The molecule has 0 unspecified atom stereocenters. The largest absolute Gasteiger partial charge is 0.388 e. The van der Waals surface area contributed by atoms with Gasteiger partial charge in [-0.25, -0.2) is 4.39 Å². The SMILES string of the molecule is O[C@H](c1c(F)cncc1Br)C1CCCCC1. The Morgan fingerprint density at radius 2 is 2.00 bits per heavy atom. The second-order valence-electron chi connectivity index (χ2n) is 4.36. The lowest BCUT2D eigenvalue weighted by Crippen LogP contribution is -2.17. The summed E-state index contributed by atoms with van der Waals surface area (Å²) in [5.41, 5.74) is 0.363. The summed E-state index contributed by atoms with van der Waals surface area (Å²) >= 11 is 3.25. The van der Waals surface area contributed by atoms with Crippen LogP contribution < -0.4 is 0 Å². The van der Waals surface area contributed by atoms with Gasteiger partial charge in [0.2, 0.25) is 0 Å². The van der Waals surface area contributed by atoms with Crippen molar-refractivity contribution >= 4 is 15.9 Å². The van der Waals surface area contributed by atoms with Gasteiger partial charge in [0.05, 0.1) is 12.3 Å². The van der Waals surface area contributed by atoms with Gasteiger partial charge in [-0.15, -0.1) is 0 Å². The summed E-state index contributed by atoms with van der Waals surface area (Å²) in [6.07, 6.45) is 7.43. The molecule has 1 atom stereocenters. The molecular formula is C12H15BrFNO. The lowest BCUT2D eigenvalue weighted by Gasteiger charge is -2.27. The van der Waals surface area contributed by atoms with Gasteiger partial charge < -0.3 is 5.11 Å². The van der Waals surface area contributed by atoms with Crippen LogP contribution in [0.5, 0.6) is 0 Å². The number of aromatic nitrogens is 1. The molecule has 0 aromatic carbocycles. The van der Waals surface area contributed by atoms with E-state index in [0.29, 0.717) is 10.0 Å². The molecule has 1 aliphatic rings. The molecule has 4 heteroatoms. The van der Waals surface area contributed by atoms with Crippen molar-refractivity contribution in [2.75, 3.05) is 0 Å². The number of nitrogens with zero attached hydrogens (tertiary/aromatic N) is 1. The quantitative estimate of drug-likeness (QED) is 0.902. The first-order valence-electron chi connectivity index (χ1n) is 5.67. The van der Waals surface area contributed by atoms with E-state index in [9.17, 15) is 9.50 Å². The Kier molecular flexibility index (Phi) is 3.92. The first kappa shape index (κ1) is 12.0. The molecule has 0 spiro atoms. The maximum absolute atomic E-state index is 13.6. The highest BCUT2D eigenvalue weighted by Gasteiger charge is 2.26. The van der Waals surface area contributed by atoms with Crippen LogP contribution in [0.4, 0.5) is 4.39 Å². The number of halogens is 2. The molecule has 1 aromatic rings. The molecule has 1 aromatic heterocycles. The number of rotatable bonds is 2. The third kappa shape index (κ3) is 2.43. The Morgan fingerprint density at radius 3 is 2.62 bits per heavy atom. The molecule has 16 heavy (non-hydrogen) atoms. The van der Waals surface area contributed by atoms with Crippen molar-refractivity contribution in [2.45, 2.75) is 38.2 Å². The molecule has 2 rings (SSSR count). The van der Waals surface area contributed by atoms with Gasteiger partial charge in [0, 0.05) is 16.2 Å². The van der Waals surface area contributed by atoms with E-state index in [1.807, 2.05) is 0 Å². The van der Waals surface area contributed by atoms with Crippen molar-refractivity contribution in [3.63, 3.8) is 0 Å². The van der Waals surface area contributed by atoms with E-state index in [1.165, 1.54) is 12.6 Å². The molecule has 0 amide bonds. The summed E-state index contributed by atoms with van der Waals surface area (Å²) in [5.74, 6) is -0.241. The zero-order chi connectivity index (χ0) is 11.5.